The van der Waals surface area contributed by atoms with Gasteiger partial charge < -0.3 is 14.8 Å². The Morgan fingerprint density at radius 3 is 2.53 bits per heavy atom. The largest absolute Gasteiger partial charge is 0.497 e. The average molecular weight is 495 g/mol. The molecule has 1 amide bonds. The summed E-state index contributed by atoms with van der Waals surface area (Å²) in [7, 11) is 3.15. The van der Waals surface area contributed by atoms with E-state index >= 15 is 0 Å². The van der Waals surface area contributed by atoms with Crippen LogP contribution < -0.4 is 14.8 Å². The molecule has 5 nitrogen and oxygen atoms in total. The van der Waals surface area contributed by atoms with E-state index in [-0.39, 0.29) is 5.69 Å². The van der Waals surface area contributed by atoms with Gasteiger partial charge in [0.1, 0.15) is 17.3 Å². The van der Waals surface area contributed by atoms with Gasteiger partial charge in [-0.1, -0.05) is 27.6 Å². The Hall–Kier alpha value is -3.45. The zero-order valence-electron chi connectivity index (χ0n) is 17.7. The number of hydrogen-bond acceptors (Lipinski definition) is 4. The van der Waals surface area contributed by atoms with Crippen LogP contribution in [0.25, 0.3) is 22.2 Å². The molecule has 0 spiro atoms. The first-order valence-corrected chi connectivity index (χ1v) is 10.6. The number of methoxy groups -OCH3 is 2. The van der Waals surface area contributed by atoms with Crippen LogP contribution in [-0.2, 0) is 0 Å². The molecule has 0 aliphatic heterocycles. The van der Waals surface area contributed by atoms with Crippen LogP contribution in [0, 0.1) is 12.7 Å². The topological polar surface area (TPSA) is 60.5 Å². The maximum absolute atomic E-state index is 14.3. The Morgan fingerprint density at radius 2 is 1.81 bits per heavy atom. The van der Waals surface area contributed by atoms with E-state index < -0.39 is 11.7 Å². The average Bonchev–Trinajstić information content (AvgIpc) is 2.79. The fraction of sp³-hybridized carbons (Fsp3) is 0.120. The maximum Gasteiger partial charge on any atom is 0.256 e. The molecule has 1 heterocycles. The van der Waals surface area contributed by atoms with Gasteiger partial charge in [-0.2, -0.15) is 0 Å². The van der Waals surface area contributed by atoms with Gasteiger partial charge in [0, 0.05) is 15.4 Å². The van der Waals surface area contributed by atoms with Crippen molar-refractivity contribution in [3.05, 3.63) is 82.1 Å². The first kappa shape index (κ1) is 21.8. The molecular formula is C25H20BrFN2O3. The SMILES string of the molecule is COc1ccc(OC)c(-c2cc(C(=O)Nc3ccc(Br)cc3F)c3cc(C)ccc3n2)c1. The highest BCUT2D eigenvalue weighted by Gasteiger charge is 2.18. The molecule has 0 radical (unpaired) electrons. The predicted octanol–water partition coefficient (Wildman–Crippen LogP) is 6.38. The monoisotopic (exact) mass is 494 g/mol. The third-order valence-corrected chi connectivity index (χ3v) is 5.56. The quantitative estimate of drug-likeness (QED) is 0.349. The van der Waals surface area contributed by atoms with Gasteiger partial charge in [0.2, 0.25) is 0 Å². The van der Waals surface area contributed by atoms with Crippen molar-refractivity contribution in [1.82, 2.24) is 4.98 Å². The van der Waals surface area contributed by atoms with Gasteiger partial charge in [-0.05, 0) is 61.5 Å². The van der Waals surface area contributed by atoms with Crippen molar-refractivity contribution in [2.24, 2.45) is 0 Å². The molecule has 3 aromatic carbocycles. The maximum atomic E-state index is 14.3. The van der Waals surface area contributed by atoms with Crippen LogP contribution in [0.1, 0.15) is 15.9 Å². The molecule has 0 saturated carbocycles. The highest BCUT2D eigenvalue weighted by molar-refractivity contribution is 9.10. The number of benzene rings is 3. The minimum Gasteiger partial charge on any atom is -0.497 e. The van der Waals surface area contributed by atoms with E-state index in [9.17, 15) is 9.18 Å². The van der Waals surface area contributed by atoms with E-state index in [2.05, 4.69) is 21.2 Å². The van der Waals surface area contributed by atoms with Gasteiger partial charge in [0.05, 0.1) is 36.7 Å². The smallest absolute Gasteiger partial charge is 0.256 e. The van der Waals surface area contributed by atoms with E-state index in [1.165, 1.54) is 12.1 Å². The summed E-state index contributed by atoms with van der Waals surface area (Å²) in [5.74, 6) is 0.258. The van der Waals surface area contributed by atoms with Crippen molar-refractivity contribution in [3.63, 3.8) is 0 Å². The van der Waals surface area contributed by atoms with Gasteiger partial charge in [-0.15, -0.1) is 0 Å². The zero-order chi connectivity index (χ0) is 22.8. The molecule has 1 N–H and O–H groups in total. The molecule has 4 rings (SSSR count). The number of carbonyl (C=O) groups excluding carboxylic acids is 1. The van der Waals surface area contributed by atoms with Crippen molar-refractivity contribution in [2.45, 2.75) is 6.92 Å². The second kappa shape index (κ2) is 8.96. The Balaban J connectivity index is 1.88. The first-order valence-electron chi connectivity index (χ1n) is 9.80. The third-order valence-electron chi connectivity index (χ3n) is 5.07. The molecule has 0 fully saturated rings. The molecule has 1 aromatic heterocycles. The Morgan fingerprint density at radius 1 is 1.00 bits per heavy atom. The lowest BCUT2D eigenvalue weighted by molar-refractivity contribution is 0.102. The molecule has 0 bridgehead atoms. The molecular weight excluding hydrogens is 475 g/mol. The van der Waals surface area contributed by atoms with Crippen LogP contribution in [0.4, 0.5) is 10.1 Å². The molecule has 0 unspecified atom stereocenters. The van der Waals surface area contributed by atoms with Crippen LogP contribution in [-0.4, -0.2) is 25.1 Å². The Bertz CT molecular complexity index is 1340. The summed E-state index contributed by atoms with van der Waals surface area (Å²) in [6.07, 6.45) is 0. The van der Waals surface area contributed by atoms with E-state index in [4.69, 9.17) is 14.5 Å². The van der Waals surface area contributed by atoms with Crippen molar-refractivity contribution in [3.8, 4) is 22.8 Å². The third kappa shape index (κ3) is 4.29. The van der Waals surface area contributed by atoms with Gasteiger partial charge in [-0.3, -0.25) is 4.79 Å². The number of aromatic nitrogens is 1. The summed E-state index contributed by atoms with van der Waals surface area (Å²) >= 11 is 3.23. The molecule has 4 aromatic rings. The van der Waals surface area contributed by atoms with E-state index in [1.807, 2.05) is 25.1 Å². The Kier molecular flexibility index (Phi) is 6.10. The number of pyridine rings is 1. The number of nitrogens with one attached hydrogen (secondary N) is 1. The highest BCUT2D eigenvalue weighted by Crippen LogP contribution is 2.35. The molecule has 0 aliphatic rings. The minimum absolute atomic E-state index is 0.0938. The number of carbonyl (C=O) groups is 1. The van der Waals surface area contributed by atoms with Crippen LogP contribution in [0.3, 0.4) is 0 Å². The lowest BCUT2D eigenvalue weighted by Crippen LogP contribution is -2.14. The lowest BCUT2D eigenvalue weighted by atomic mass is 10.0. The van der Waals surface area contributed by atoms with Crippen LogP contribution in [0.2, 0.25) is 0 Å². The summed E-state index contributed by atoms with van der Waals surface area (Å²) < 4.78 is 25.8. The number of anilines is 1. The number of ether oxygens (including phenoxy) is 2. The standard InChI is InChI=1S/C25H20BrFN2O3/c1-14-4-7-21-17(10-14)18(25(30)29-22-8-5-15(26)11-20(22)27)13-23(28-21)19-12-16(31-2)6-9-24(19)32-3/h4-13H,1-3H3,(H,29,30). The number of fused-ring (bicyclic) bond motifs is 1. The fourth-order valence-electron chi connectivity index (χ4n) is 3.46. The Labute approximate surface area is 193 Å². The summed E-state index contributed by atoms with van der Waals surface area (Å²) in [4.78, 5) is 18.0. The second-order valence-corrected chi connectivity index (χ2v) is 8.14. The van der Waals surface area contributed by atoms with Crippen molar-refractivity contribution in [1.29, 1.82) is 0 Å². The van der Waals surface area contributed by atoms with Crippen LogP contribution in [0.15, 0.2) is 65.1 Å². The molecule has 0 atom stereocenters. The van der Waals surface area contributed by atoms with Crippen molar-refractivity contribution in [2.75, 3.05) is 19.5 Å². The second-order valence-electron chi connectivity index (χ2n) is 7.22. The molecule has 32 heavy (non-hydrogen) atoms. The van der Waals surface area contributed by atoms with Crippen molar-refractivity contribution >= 4 is 38.4 Å². The first-order chi connectivity index (χ1) is 15.4. The van der Waals surface area contributed by atoms with Gasteiger partial charge in [-0.25, -0.2) is 9.37 Å². The minimum atomic E-state index is -0.531. The highest BCUT2D eigenvalue weighted by atomic mass is 79.9. The summed E-state index contributed by atoms with van der Waals surface area (Å²) in [5, 5.41) is 3.35. The predicted molar refractivity (Wildman–Crippen MR) is 127 cm³/mol. The zero-order valence-corrected chi connectivity index (χ0v) is 19.3. The number of nitrogens with zero attached hydrogens (tertiary/aromatic N) is 1. The number of aryl methyl sites for hydroxylation is 1. The van der Waals surface area contributed by atoms with Crippen LogP contribution in [0.5, 0.6) is 11.5 Å². The van der Waals surface area contributed by atoms with Crippen LogP contribution >= 0.6 is 15.9 Å². The summed E-state index contributed by atoms with van der Waals surface area (Å²) in [6.45, 7) is 1.94. The molecule has 0 saturated heterocycles. The van der Waals surface area contributed by atoms with E-state index in [1.54, 1.807) is 44.6 Å². The van der Waals surface area contributed by atoms with E-state index in [0.717, 1.165) is 5.56 Å². The van der Waals surface area contributed by atoms with Gasteiger partial charge >= 0.3 is 0 Å². The number of rotatable bonds is 5. The lowest BCUT2D eigenvalue weighted by Gasteiger charge is -2.14. The number of amides is 1. The summed E-state index contributed by atoms with van der Waals surface area (Å²) in [5.41, 5.74) is 3.31. The number of halogens is 2. The van der Waals surface area contributed by atoms with E-state index in [0.29, 0.717) is 43.7 Å². The molecule has 162 valence electrons. The number of hydrogen-bond donors (Lipinski definition) is 1. The fourth-order valence-corrected chi connectivity index (χ4v) is 3.79. The molecule has 0 aliphatic carbocycles. The van der Waals surface area contributed by atoms with Crippen molar-refractivity contribution < 1.29 is 18.7 Å². The summed E-state index contributed by atoms with van der Waals surface area (Å²) in [6, 6.07) is 17.2. The molecule has 7 heteroatoms. The van der Waals surface area contributed by atoms with Gasteiger partial charge in [0.25, 0.3) is 5.91 Å². The van der Waals surface area contributed by atoms with Gasteiger partial charge in [0.15, 0.2) is 0 Å². The normalized spacial score (nSPS) is 10.8.